The number of carbonyl (C=O) groups is 1. The Balaban J connectivity index is 1.79. The van der Waals surface area contributed by atoms with Crippen molar-refractivity contribution in [2.24, 2.45) is 0 Å². The molecule has 0 radical (unpaired) electrons. The highest BCUT2D eigenvalue weighted by Crippen LogP contribution is 2.19. The average molecular weight is 318 g/mol. The number of nitrogens with two attached hydrogens (primary N) is 1. The lowest BCUT2D eigenvalue weighted by atomic mass is 10.1. The van der Waals surface area contributed by atoms with Gasteiger partial charge in [0.05, 0.1) is 0 Å². The van der Waals surface area contributed by atoms with Crippen LogP contribution in [0.25, 0.3) is 6.08 Å². The monoisotopic (exact) mass is 318 g/mol. The molecule has 0 fully saturated rings. The van der Waals surface area contributed by atoms with Gasteiger partial charge in [0, 0.05) is 23.9 Å². The minimum absolute atomic E-state index is 0.00889. The predicted octanol–water partition coefficient (Wildman–Crippen LogP) is 3.49. The van der Waals surface area contributed by atoms with E-state index < -0.39 is 17.7 Å². The summed E-state index contributed by atoms with van der Waals surface area (Å²) in [6.45, 7) is 0.291. The average Bonchev–Trinajstić information content (AvgIpc) is 2.52. The van der Waals surface area contributed by atoms with E-state index in [1.165, 1.54) is 12.2 Å². The number of carbonyl (C=O) groups excluding carboxylic acids is 1. The molecule has 120 valence electrons. The van der Waals surface area contributed by atoms with Crippen LogP contribution in [0, 0.1) is 11.6 Å². The third-order valence-electron chi connectivity index (χ3n) is 2.99. The SMILES string of the molecule is Nc1cc(F)cc(F)c1C=CCNC(=O)OCc1ccccc1. The third-order valence-corrected chi connectivity index (χ3v) is 2.99. The van der Waals surface area contributed by atoms with E-state index in [2.05, 4.69) is 5.32 Å². The van der Waals surface area contributed by atoms with Crippen LogP contribution >= 0.6 is 0 Å². The third kappa shape index (κ3) is 5.10. The second-order valence-electron chi connectivity index (χ2n) is 4.74. The molecule has 0 unspecified atom stereocenters. The molecule has 0 aliphatic rings. The summed E-state index contributed by atoms with van der Waals surface area (Å²) in [6, 6.07) is 11.0. The Morgan fingerprint density at radius 1 is 1.22 bits per heavy atom. The second-order valence-corrected chi connectivity index (χ2v) is 4.74. The summed E-state index contributed by atoms with van der Waals surface area (Å²) in [5, 5.41) is 2.49. The standard InChI is InChI=1S/C17H16F2N2O2/c18-13-9-15(19)14(16(20)10-13)7-4-8-21-17(22)23-11-12-5-2-1-3-6-12/h1-7,9-10H,8,11,20H2,(H,21,22). The smallest absolute Gasteiger partial charge is 0.407 e. The number of rotatable bonds is 5. The van der Waals surface area contributed by atoms with Crippen LogP contribution in [-0.2, 0) is 11.3 Å². The van der Waals surface area contributed by atoms with Crippen molar-refractivity contribution in [3.8, 4) is 0 Å². The highest BCUT2D eigenvalue weighted by atomic mass is 19.1. The van der Waals surface area contributed by atoms with Gasteiger partial charge >= 0.3 is 6.09 Å². The van der Waals surface area contributed by atoms with E-state index >= 15 is 0 Å². The fourth-order valence-electron chi connectivity index (χ4n) is 1.87. The number of benzene rings is 2. The normalized spacial score (nSPS) is 10.7. The fourth-order valence-corrected chi connectivity index (χ4v) is 1.87. The molecular formula is C17H16F2N2O2. The summed E-state index contributed by atoms with van der Waals surface area (Å²) >= 11 is 0. The highest BCUT2D eigenvalue weighted by molar-refractivity contribution is 5.68. The van der Waals surface area contributed by atoms with Gasteiger partial charge in [-0.1, -0.05) is 42.5 Å². The fraction of sp³-hybridized carbons (Fsp3) is 0.118. The van der Waals surface area contributed by atoms with Crippen LogP contribution in [0.5, 0.6) is 0 Å². The Labute approximate surface area is 132 Å². The minimum Gasteiger partial charge on any atom is -0.445 e. The van der Waals surface area contributed by atoms with Gasteiger partial charge in [0.15, 0.2) is 0 Å². The van der Waals surface area contributed by atoms with Gasteiger partial charge in [0.2, 0.25) is 0 Å². The highest BCUT2D eigenvalue weighted by Gasteiger charge is 2.06. The number of ether oxygens (including phenoxy) is 1. The Morgan fingerprint density at radius 3 is 2.65 bits per heavy atom. The lowest BCUT2D eigenvalue weighted by Crippen LogP contribution is -2.24. The summed E-state index contributed by atoms with van der Waals surface area (Å²) in [4.78, 5) is 11.5. The van der Waals surface area contributed by atoms with E-state index in [1.54, 1.807) is 0 Å². The number of nitrogens with one attached hydrogen (secondary N) is 1. The molecule has 0 atom stereocenters. The van der Waals surface area contributed by atoms with Gasteiger partial charge in [0.25, 0.3) is 0 Å². The summed E-state index contributed by atoms with van der Waals surface area (Å²) in [5.74, 6) is -1.50. The van der Waals surface area contributed by atoms with Crippen LogP contribution in [0.2, 0.25) is 0 Å². The quantitative estimate of drug-likeness (QED) is 0.830. The maximum absolute atomic E-state index is 13.5. The van der Waals surface area contributed by atoms with Crippen molar-refractivity contribution in [1.82, 2.24) is 5.32 Å². The molecule has 0 spiro atoms. The van der Waals surface area contributed by atoms with Gasteiger partial charge in [-0.25, -0.2) is 13.6 Å². The molecule has 23 heavy (non-hydrogen) atoms. The molecule has 2 aromatic carbocycles. The van der Waals surface area contributed by atoms with Gasteiger partial charge in [-0.2, -0.15) is 0 Å². The maximum Gasteiger partial charge on any atom is 0.407 e. The van der Waals surface area contributed by atoms with Crippen molar-refractivity contribution in [1.29, 1.82) is 0 Å². The number of alkyl carbamates (subject to hydrolysis) is 1. The molecule has 6 heteroatoms. The molecule has 0 heterocycles. The number of halogens is 2. The van der Waals surface area contributed by atoms with Crippen molar-refractivity contribution in [2.75, 3.05) is 12.3 Å². The Bertz CT molecular complexity index is 680. The van der Waals surface area contributed by atoms with Gasteiger partial charge in [0.1, 0.15) is 18.2 Å². The number of hydrogen-bond acceptors (Lipinski definition) is 3. The maximum atomic E-state index is 13.5. The molecular weight excluding hydrogens is 302 g/mol. The van der Waals surface area contributed by atoms with Crippen LogP contribution in [0.1, 0.15) is 11.1 Å². The molecule has 3 N–H and O–H groups in total. The van der Waals surface area contributed by atoms with Crippen LogP contribution in [0.15, 0.2) is 48.5 Å². The van der Waals surface area contributed by atoms with E-state index in [0.29, 0.717) is 0 Å². The van der Waals surface area contributed by atoms with Crippen LogP contribution in [0.4, 0.5) is 19.3 Å². The number of hydrogen-bond donors (Lipinski definition) is 2. The number of amides is 1. The lowest BCUT2D eigenvalue weighted by Gasteiger charge is -2.05. The summed E-state index contributed by atoms with van der Waals surface area (Å²) in [6.07, 6.45) is 2.28. The molecule has 2 aromatic rings. The summed E-state index contributed by atoms with van der Waals surface area (Å²) < 4.78 is 31.4. The first-order chi connectivity index (χ1) is 11.1. The molecule has 0 saturated heterocycles. The van der Waals surface area contributed by atoms with Gasteiger partial charge in [-0.05, 0) is 11.6 Å². The van der Waals surface area contributed by atoms with Crippen molar-refractivity contribution < 1.29 is 18.3 Å². The largest absolute Gasteiger partial charge is 0.445 e. The van der Waals surface area contributed by atoms with E-state index in [1.807, 2.05) is 30.3 Å². The van der Waals surface area contributed by atoms with Gasteiger partial charge in [-0.3, -0.25) is 0 Å². The molecule has 0 bridgehead atoms. The van der Waals surface area contributed by atoms with Crippen LogP contribution in [0.3, 0.4) is 0 Å². The van der Waals surface area contributed by atoms with Crippen molar-refractivity contribution in [3.05, 3.63) is 71.3 Å². The zero-order valence-electron chi connectivity index (χ0n) is 12.3. The van der Waals surface area contributed by atoms with E-state index in [4.69, 9.17) is 10.5 Å². The van der Waals surface area contributed by atoms with E-state index in [9.17, 15) is 13.6 Å². The van der Waals surface area contributed by atoms with Gasteiger partial charge in [-0.15, -0.1) is 0 Å². The molecule has 4 nitrogen and oxygen atoms in total. The number of nitrogen functional groups attached to an aromatic ring is 1. The molecule has 0 aromatic heterocycles. The van der Waals surface area contributed by atoms with Crippen molar-refractivity contribution in [3.63, 3.8) is 0 Å². The molecule has 0 aliphatic carbocycles. The summed E-state index contributed by atoms with van der Waals surface area (Å²) in [7, 11) is 0. The van der Waals surface area contributed by atoms with Crippen LogP contribution in [-0.4, -0.2) is 12.6 Å². The lowest BCUT2D eigenvalue weighted by molar-refractivity contribution is 0.141. The summed E-state index contributed by atoms with van der Waals surface area (Å²) in [5.41, 5.74) is 6.47. The predicted molar refractivity (Wildman–Crippen MR) is 84.4 cm³/mol. The Morgan fingerprint density at radius 2 is 1.96 bits per heavy atom. The number of anilines is 1. The minimum atomic E-state index is -0.759. The Kier molecular flexibility index (Phi) is 5.68. The molecule has 2 rings (SSSR count). The van der Waals surface area contributed by atoms with E-state index in [0.717, 1.165) is 17.7 Å². The first-order valence-corrected chi connectivity index (χ1v) is 6.92. The van der Waals surface area contributed by atoms with E-state index in [-0.39, 0.29) is 24.4 Å². The second kappa shape index (κ2) is 7.93. The van der Waals surface area contributed by atoms with Crippen molar-refractivity contribution in [2.45, 2.75) is 6.61 Å². The van der Waals surface area contributed by atoms with Crippen molar-refractivity contribution >= 4 is 17.9 Å². The zero-order valence-corrected chi connectivity index (χ0v) is 12.3. The topological polar surface area (TPSA) is 64.3 Å². The first kappa shape index (κ1) is 16.5. The zero-order chi connectivity index (χ0) is 16.7. The molecule has 1 amide bonds. The van der Waals surface area contributed by atoms with Gasteiger partial charge < -0.3 is 15.8 Å². The molecule has 0 saturated carbocycles. The molecule has 0 aliphatic heterocycles. The first-order valence-electron chi connectivity index (χ1n) is 6.92. The Hall–Kier alpha value is -2.89. The van der Waals surface area contributed by atoms with Crippen LogP contribution < -0.4 is 11.1 Å².